The normalized spacial score (nSPS) is 10.9. The summed E-state index contributed by atoms with van der Waals surface area (Å²) in [6, 6.07) is 27.4. The fourth-order valence-corrected chi connectivity index (χ4v) is 3.89. The molecule has 0 saturated carbocycles. The minimum Gasteiger partial charge on any atom is -0.489 e. The fourth-order valence-electron chi connectivity index (χ4n) is 3.39. The fraction of sp³-hybridized carbons (Fsp3) is 0.0667. The third-order valence-electron chi connectivity index (χ3n) is 5.38. The van der Waals surface area contributed by atoms with Crippen LogP contribution in [0.3, 0.4) is 0 Å². The number of benzene rings is 4. The van der Waals surface area contributed by atoms with E-state index in [1.807, 2.05) is 18.2 Å². The van der Waals surface area contributed by atoms with Crippen molar-refractivity contribution in [3.8, 4) is 17.6 Å². The molecule has 1 N–H and O–H groups in total. The number of carbonyl (C=O) groups excluding carboxylic acids is 1. The number of hydrogen-bond acceptors (Lipinski definition) is 4. The second-order valence-corrected chi connectivity index (χ2v) is 9.51. The summed E-state index contributed by atoms with van der Waals surface area (Å²) in [4.78, 5) is 12.8. The zero-order valence-electron chi connectivity index (χ0n) is 20.0. The molecule has 0 fully saturated rings. The van der Waals surface area contributed by atoms with Gasteiger partial charge in [0.1, 0.15) is 42.2 Å². The summed E-state index contributed by atoms with van der Waals surface area (Å²) in [5.41, 5.74) is 2.71. The van der Waals surface area contributed by atoms with Crippen LogP contribution in [0.15, 0.2) is 101 Å². The van der Waals surface area contributed by atoms with Crippen molar-refractivity contribution in [1.29, 1.82) is 5.26 Å². The summed E-state index contributed by atoms with van der Waals surface area (Å²) in [7, 11) is 0. The molecule has 4 rings (SSSR count). The van der Waals surface area contributed by atoms with Crippen LogP contribution in [0.5, 0.6) is 11.5 Å². The maximum absolute atomic E-state index is 13.2. The van der Waals surface area contributed by atoms with Gasteiger partial charge in [-0.3, -0.25) is 4.79 Å². The average molecular weight is 592 g/mol. The number of carbonyl (C=O) groups is 1. The van der Waals surface area contributed by atoms with E-state index < -0.39 is 5.91 Å². The second kappa shape index (κ2) is 12.9. The molecule has 4 aromatic carbocycles. The largest absolute Gasteiger partial charge is 0.489 e. The van der Waals surface area contributed by atoms with Gasteiger partial charge in [-0.1, -0.05) is 51.8 Å². The Balaban J connectivity index is 1.41. The molecule has 4 aromatic rings. The molecule has 0 spiro atoms. The second-order valence-electron chi connectivity index (χ2n) is 8.16. The van der Waals surface area contributed by atoms with Crippen molar-refractivity contribution in [3.05, 3.63) is 129 Å². The molecule has 0 aromatic heterocycles. The van der Waals surface area contributed by atoms with Crippen LogP contribution in [0.2, 0.25) is 5.02 Å². The number of amides is 1. The first-order chi connectivity index (χ1) is 18.4. The first kappa shape index (κ1) is 26.9. The number of anilines is 1. The highest BCUT2D eigenvalue weighted by molar-refractivity contribution is 9.10. The highest BCUT2D eigenvalue weighted by Gasteiger charge is 2.12. The molecule has 0 bridgehead atoms. The summed E-state index contributed by atoms with van der Waals surface area (Å²) in [6.07, 6.45) is 1.46. The van der Waals surface area contributed by atoms with Crippen molar-refractivity contribution in [2.75, 3.05) is 5.32 Å². The zero-order chi connectivity index (χ0) is 26.9. The summed E-state index contributed by atoms with van der Waals surface area (Å²) in [5, 5.41) is 13.1. The molecule has 8 heteroatoms. The van der Waals surface area contributed by atoms with Crippen LogP contribution < -0.4 is 14.8 Å². The smallest absolute Gasteiger partial charge is 0.266 e. The van der Waals surface area contributed by atoms with Crippen LogP contribution in [0.4, 0.5) is 10.1 Å². The van der Waals surface area contributed by atoms with Gasteiger partial charge in [-0.05, 0) is 83.9 Å². The van der Waals surface area contributed by atoms with Crippen molar-refractivity contribution in [3.63, 3.8) is 0 Å². The Morgan fingerprint density at radius 2 is 1.55 bits per heavy atom. The lowest BCUT2D eigenvalue weighted by Crippen LogP contribution is -2.13. The standard InChI is InChI=1S/C30H21BrClFN2O3/c31-24-5-14-29(38-19-21-3-8-26(33)9-4-21)22(16-24)15-23(17-34)30(36)35-27-10-12-28(13-11-27)37-18-20-1-6-25(32)7-2-20/h1-16H,18-19H2,(H,35,36)/b23-15+. The van der Waals surface area contributed by atoms with Crippen LogP contribution in [-0.4, -0.2) is 5.91 Å². The highest BCUT2D eigenvalue weighted by atomic mass is 79.9. The molecule has 190 valence electrons. The van der Waals surface area contributed by atoms with E-state index in [9.17, 15) is 14.4 Å². The van der Waals surface area contributed by atoms with Gasteiger partial charge < -0.3 is 14.8 Å². The Hall–Kier alpha value is -4.12. The van der Waals surface area contributed by atoms with Crippen LogP contribution in [-0.2, 0) is 18.0 Å². The molecule has 5 nitrogen and oxygen atoms in total. The number of halogens is 3. The third-order valence-corrected chi connectivity index (χ3v) is 6.12. The maximum Gasteiger partial charge on any atom is 0.266 e. The molecule has 0 heterocycles. The Labute approximate surface area is 233 Å². The molecular formula is C30H21BrClFN2O3. The van der Waals surface area contributed by atoms with Gasteiger partial charge in [0.05, 0.1) is 0 Å². The molecule has 0 unspecified atom stereocenters. The molecule has 38 heavy (non-hydrogen) atoms. The van der Waals surface area contributed by atoms with Crippen molar-refractivity contribution in [2.24, 2.45) is 0 Å². The zero-order valence-corrected chi connectivity index (χ0v) is 22.3. The van der Waals surface area contributed by atoms with E-state index in [4.69, 9.17) is 21.1 Å². The van der Waals surface area contributed by atoms with Gasteiger partial charge >= 0.3 is 0 Å². The molecule has 0 aliphatic rings. The number of nitriles is 1. The van der Waals surface area contributed by atoms with Crippen LogP contribution in [0.25, 0.3) is 6.08 Å². The van der Waals surface area contributed by atoms with Gasteiger partial charge in [0.15, 0.2) is 0 Å². The van der Waals surface area contributed by atoms with E-state index in [-0.39, 0.29) is 18.0 Å². The molecule has 0 aliphatic carbocycles. The minimum absolute atomic E-state index is 0.0993. The van der Waals surface area contributed by atoms with Gasteiger partial charge in [-0.15, -0.1) is 0 Å². The van der Waals surface area contributed by atoms with Crippen LogP contribution in [0, 0.1) is 17.1 Å². The SMILES string of the molecule is N#C/C(=C\c1cc(Br)ccc1OCc1ccc(F)cc1)C(=O)Nc1ccc(OCc2ccc(Cl)cc2)cc1. The van der Waals surface area contributed by atoms with Crippen molar-refractivity contribution < 1.29 is 18.7 Å². The van der Waals surface area contributed by atoms with Gasteiger partial charge in [-0.25, -0.2) is 4.39 Å². The summed E-state index contributed by atoms with van der Waals surface area (Å²) in [6.45, 7) is 0.575. The average Bonchev–Trinajstić information content (AvgIpc) is 2.92. The Kier molecular flexibility index (Phi) is 9.15. The molecule has 0 radical (unpaired) electrons. The predicted octanol–water partition coefficient (Wildman–Crippen LogP) is 7.95. The van der Waals surface area contributed by atoms with E-state index in [1.165, 1.54) is 18.2 Å². The number of rotatable bonds is 9. The molecule has 0 saturated heterocycles. The van der Waals surface area contributed by atoms with Crippen molar-refractivity contribution in [2.45, 2.75) is 13.2 Å². The lowest BCUT2D eigenvalue weighted by atomic mass is 10.1. The van der Waals surface area contributed by atoms with Crippen LogP contribution >= 0.6 is 27.5 Å². The predicted molar refractivity (Wildman–Crippen MR) is 149 cm³/mol. The van der Waals surface area contributed by atoms with Gasteiger partial charge in [0, 0.05) is 20.7 Å². The van der Waals surface area contributed by atoms with Crippen molar-refractivity contribution >= 4 is 45.2 Å². The quantitative estimate of drug-likeness (QED) is 0.158. The Bertz CT molecular complexity index is 1480. The van der Waals surface area contributed by atoms with Gasteiger partial charge in [0.2, 0.25) is 0 Å². The monoisotopic (exact) mass is 590 g/mol. The van der Waals surface area contributed by atoms with E-state index >= 15 is 0 Å². The number of hydrogen-bond donors (Lipinski definition) is 1. The first-order valence-electron chi connectivity index (χ1n) is 11.5. The van der Waals surface area contributed by atoms with E-state index in [2.05, 4.69) is 21.2 Å². The third kappa shape index (κ3) is 7.69. The molecular weight excluding hydrogens is 571 g/mol. The molecule has 0 aliphatic heterocycles. The van der Waals surface area contributed by atoms with Crippen LogP contribution in [0.1, 0.15) is 16.7 Å². The first-order valence-corrected chi connectivity index (χ1v) is 12.6. The van der Waals surface area contributed by atoms with Gasteiger partial charge in [-0.2, -0.15) is 5.26 Å². The Morgan fingerprint density at radius 1 is 0.921 bits per heavy atom. The van der Waals surface area contributed by atoms with E-state index in [1.54, 1.807) is 66.7 Å². The highest BCUT2D eigenvalue weighted by Crippen LogP contribution is 2.27. The lowest BCUT2D eigenvalue weighted by molar-refractivity contribution is -0.112. The summed E-state index contributed by atoms with van der Waals surface area (Å²) >= 11 is 9.32. The summed E-state index contributed by atoms with van der Waals surface area (Å²) < 4.78 is 25.6. The Morgan fingerprint density at radius 3 is 2.21 bits per heavy atom. The van der Waals surface area contributed by atoms with E-state index in [0.717, 1.165) is 15.6 Å². The topological polar surface area (TPSA) is 71.3 Å². The number of nitrogens with zero attached hydrogens (tertiary/aromatic N) is 1. The number of ether oxygens (including phenoxy) is 2. The number of nitrogens with one attached hydrogen (secondary N) is 1. The molecule has 1 amide bonds. The van der Waals surface area contributed by atoms with Crippen molar-refractivity contribution in [1.82, 2.24) is 0 Å². The lowest BCUT2D eigenvalue weighted by Gasteiger charge is -2.11. The molecule has 0 atom stereocenters. The summed E-state index contributed by atoms with van der Waals surface area (Å²) in [5.74, 6) is 0.212. The maximum atomic E-state index is 13.2. The van der Waals surface area contributed by atoms with E-state index in [0.29, 0.717) is 34.4 Å². The minimum atomic E-state index is -0.563. The van der Waals surface area contributed by atoms with Gasteiger partial charge in [0.25, 0.3) is 5.91 Å².